The zero-order valence-electron chi connectivity index (χ0n) is 17.0. The standard InChI is InChI=1S/C22H27N3O5/c26-18-10-2-1-7-13-24(18)14-20(28)30-15-19(27)25-17-9-4-3-8-16(17)23-21(29)22(25)11-5-6-12-22/h3-4,8-9H,1-2,5-7,10-15H2,(H,23,29). The van der Waals surface area contributed by atoms with E-state index in [1.165, 1.54) is 9.80 Å². The largest absolute Gasteiger partial charge is 0.454 e. The van der Waals surface area contributed by atoms with Gasteiger partial charge in [0.2, 0.25) is 5.91 Å². The Kier molecular flexibility index (Phi) is 5.74. The minimum absolute atomic E-state index is 0.0534. The molecule has 160 valence electrons. The van der Waals surface area contributed by atoms with Crippen molar-refractivity contribution in [3.63, 3.8) is 0 Å². The van der Waals surface area contributed by atoms with Crippen LogP contribution in [0.5, 0.6) is 0 Å². The van der Waals surface area contributed by atoms with Crippen molar-refractivity contribution in [2.45, 2.75) is 56.9 Å². The second kappa shape index (κ2) is 8.45. The summed E-state index contributed by atoms with van der Waals surface area (Å²) in [5.74, 6) is -1.26. The number of carbonyl (C=O) groups excluding carboxylic acids is 4. The first kappa shape index (κ1) is 20.4. The van der Waals surface area contributed by atoms with Crippen LogP contribution in [0.4, 0.5) is 11.4 Å². The molecule has 3 amide bonds. The Hall–Kier alpha value is -2.90. The van der Waals surface area contributed by atoms with Crippen molar-refractivity contribution in [3.8, 4) is 0 Å². The molecule has 2 aliphatic heterocycles. The number of ether oxygens (including phenoxy) is 1. The Morgan fingerprint density at radius 1 is 1.03 bits per heavy atom. The third-order valence-corrected chi connectivity index (χ3v) is 6.27. The summed E-state index contributed by atoms with van der Waals surface area (Å²) in [5.41, 5.74) is 0.274. The molecule has 8 heteroatoms. The van der Waals surface area contributed by atoms with Crippen LogP contribution < -0.4 is 10.2 Å². The number of hydrogen-bond donors (Lipinski definition) is 1. The average molecular weight is 413 g/mol. The summed E-state index contributed by atoms with van der Waals surface area (Å²) in [7, 11) is 0. The number of rotatable bonds is 4. The van der Waals surface area contributed by atoms with E-state index in [9.17, 15) is 19.2 Å². The molecular formula is C22H27N3O5. The number of carbonyl (C=O) groups is 4. The topological polar surface area (TPSA) is 96.0 Å². The van der Waals surface area contributed by atoms with Gasteiger partial charge in [0.25, 0.3) is 11.8 Å². The van der Waals surface area contributed by atoms with Gasteiger partial charge in [0.05, 0.1) is 11.4 Å². The molecule has 0 bridgehead atoms. The van der Waals surface area contributed by atoms with Crippen LogP contribution in [0.1, 0.15) is 51.4 Å². The lowest BCUT2D eigenvalue weighted by Gasteiger charge is -2.44. The molecule has 4 rings (SSSR count). The highest BCUT2D eigenvalue weighted by Crippen LogP contribution is 2.45. The monoisotopic (exact) mass is 413 g/mol. The highest BCUT2D eigenvalue weighted by Gasteiger charge is 2.52. The van der Waals surface area contributed by atoms with Crippen molar-refractivity contribution in [1.29, 1.82) is 0 Å². The SMILES string of the molecule is O=C(CN1CCCCCC1=O)OCC(=O)N1c2ccccc2NC(=O)C12CCCC2. The number of hydrogen-bond acceptors (Lipinski definition) is 5. The molecular weight excluding hydrogens is 386 g/mol. The number of nitrogens with zero attached hydrogens (tertiary/aromatic N) is 2. The molecule has 1 aromatic carbocycles. The molecule has 1 saturated heterocycles. The van der Waals surface area contributed by atoms with E-state index < -0.39 is 24.0 Å². The van der Waals surface area contributed by atoms with E-state index in [2.05, 4.69) is 5.32 Å². The number of benzene rings is 1. The van der Waals surface area contributed by atoms with Gasteiger partial charge in [0.1, 0.15) is 12.1 Å². The third-order valence-electron chi connectivity index (χ3n) is 6.27. The smallest absolute Gasteiger partial charge is 0.326 e. The van der Waals surface area contributed by atoms with Crippen LogP contribution in [0.25, 0.3) is 0 Å². The van der Waals surface area contributed by atoms with Gasteiger partial charge in [-0.2, -0.15) is 0 Å². The lowest BCUT2D eigenvalue weighted by Crippen LogP contribution is -2.61. The minimum atomic E-state index is -0.932. The lowest BCUT2D eigenvalue weighted by molar-refractivity contribution is -0.152. The zero-order chi connectivity index (χ0) is 21.1. The predicted molar refractivity (Wildman–Crippen MR) is 110 cm³/mol. The maximum absolute atomic E-state index is 13.2. The molecule has 30 heavy (non-hydrogen) atoms. The van der Waals surface area contributed by atoms with E-state index in [1.807, 2.05) is 6.07 Å². The van der Waals surface area contributed by atoms with Crippen molar-refractivity contribution in [3.05, 3.63) is 24.3 Å². The van der Waals surface area contributed by atoms with Crippen LogP contribution in [0.3, 0.4) is 0 Å². The molecule has 3 aliphatic rings. The predicted octanol–water partition coefficient (Wildman–Crippen LogP) is 2.23. The van der Waals surface area contributed by atoms with Crippen LogP contribution in [0, 0.1) is 0 Å². The van der Waals surface area contributed by atoms with Crippen LogP contribution in [-0.4, -0.2) is 53.8 Å². The summed E-state index contributed by atoms with van der Waals surface area (Å²) >= 11 is 0. The number of fused-ring (bicyclic) bond motifs is 1. The minimum Gasteiger partial charge on any atom is -0.454 e. The molecule has 2 heterocycles. The first-order valence-corrected chi connectivity index (χ1v) is 10.7. The van der Waals surface area contributed by atoms with Crippen molar-refractivity contribution in [1.82, 2.24) is 4.90 Å². The molecule has 0 atom stereocenters. The molecule has 1 saturated carbocycles. The van der Waals surface area contributed by atoms with E-state index >= 15 is 0 Å². The summed E-state index contributed by atoms with van der Waals surface area (Å²) in [6.45, 7) is -0.0663. The second-order valence-corrected chi connectivity index (χ2v) is 8.23. The Bertz CT molecular complexity index is 862. The van der Waals surface area contributed by atoms with Crippen molar-refractivity contribution in [2.75, 3.05) is 29.9 Å². The van der Waals surface area contributed by atoms with Gasteiger partial charge in [-0.05, 0) is 37.8 Å². The van der Waals surface area contributed by atoms with Gasteiger partial charge in [0, 0.05) is 13.0 Å². The summed E-state index contributed by atoms with van der Waals surface area (Å²) in [5, 5.41) is 2.92. The summed E-state index contributed by atoms with van der Waals surface area (Å²) in [6, 6.07) is 7.17. The molecule has 1 aromatic rings. The Balaban J connectivity index is 1.46. The molecule has 0 aromatic heterocycles. The van der Waals surface area contributed by atoms with Gasteiger partial charge in [0.15, 0.2) is 6.61 Å². The average Bonchev–Trinajstić information content (AvgIpc) is 3.13. The molecule has 1 N–H and O–H groups in total. The fraction of sp³-hybridized carbons (Fsp3) is 0.545. The second-order valence-electron chi connectivity index (χ2n) is 8.23. The number of anilines is 2. The number of esters is 1. The molecule has 1 aliphatic carbocycles. The molecule has 1 spiro atoms. The Labute approximate surface area is 175 Å². The molecule has 0 radical (unpaired) electrons. The highest BCUT2D eigenvalue weighted by molar-refractivity contribution is 6.15. The third kappa shape index (κ3) is 3.78. The zero-order valence-corrected chi connectivity index (χ0v) is 17.0. The van der Waals surface area contributed by atoms with Crippen LogP contribution in [-0.2, 0) is 23.9 Å². The normalized spacial score (nSPS) is 20.5. The fourth-order valence-corrected chi connectivity index (χ4v) is 4.74. The highest BCUT2D eigenvalue weighted by atomic mass is 16.5. The summed E-state index contributed by atoms with van der Waals surface area (Å²) in [6.07, 6.45) is 5.97. The summed E-state index contributed by atoms with van der Waals surface area (Å²) in [4.78, 5) is 53.5. The maximum Gasteiger partial charge on any atom is 0.326 e. The Morgan fingerprint density at radius 2 is 1.80 bits per heavy atom. The number of para-hydroxylation sites is 2. The van der Waals surface area contributed by atoms with Gasteiger partial charge in [-0.3, -0.25) is 24.1 Å². The number of amides is 3. The van der Waals surface area contributed by atoms with Gasteiger partial charge >= 0.3 is 5.97 Å². The van der Waals surface area contributed by atoms with Crippen molar-refractivity contribution >= 4 is 35.1 Å². The van der Waals surface area contributed by atoms with E-state index in [0.29, 0.717) is 37.2 Å². The van der Waals surface area contributed by atoms with Crippen LogP contribution in [0.2, 0.25) is 0 Å². The number of nitrogens with one attached hydrogen (secondary N) is 1. The lowest BCUT2D eigenvalue weighted by atomic mass is 9.90. The molecule has 2 fully saturated rings. The molecule has 0 unspecified atom stereocenters. The fourth-order valence-electron chi connectivity index (χ4n) is 4.74. The van der Waals surface area contributed by atoms with Gasteiger partial charge < -0.3 is 15.0 Å². The maximum atomic E-state index is 13.2. The Morgan fingerprint density at radius 3 is 2.60 bits per heavy atom. The molecule has 8 nitrogen and oxygen atoms in total. The van der Waals surface area contributed by atoms with Crippen LogP contribution in [0.15, 0.2) is 24.3 Å². The van der Waals surface area contributed by atoms with E-state index in [1.54, 1.807) is 18.2 Å². The first-order chi connectivity index (χ1) is 14.5. The van der Waals surface area contributed by atoms with Gasteiger partial charge in [-0.15, -0.1) is 0 Å². The quantitative estimate of drug-likeness (QED) is 0.764. The van der Waals surface area contributed by atoms with Gasteiger partial charge in [-0.1, -0.05) is 31.4 Å². The van der Waals surface area contributed by atoms with Crippen molar-refractivity contribution < 1.29 is 23.9 Å². The number of likely N-dealkylation sites (tertiary alicyclic amines) is 1. The van der Waals surface area contributed by atoms with Gasteiger partial charge in [-0.25, -0.2) is 0 Å². The van der Waals surface area contributed by atoms with E-state index in [4.69, 9.17) is 4.74 Å². The van der Waals surface area contributed by atoms with E-state index in [0.717, 1.165) is 32.1 Å². The summed E-state index contributed by atoms with van der Waals surface area (Å²) < 4.78 is 5.25. The van der Waals surface area contributed by atoms with Crippen molar-refractivity contribution in [2.24, 2.45) is 0 Å². The first-order valence-electron chi connectivity index (χ1n) is 10.7. The van der Waals surface area contributed by atoms with E-state index in [-0.39, 0.29) is 18.4 Å². The van der Waals surface area contributed by atoms with Crippen LogP contribution >= 0.6 is 0 Å².